The van der Waals surface area contributed by atoms with Crippen molar-refractivity contribution < 1.29 is 8.42 Å². The third-order valence-corrected chi connectivity index (χ3v) is 1.91. The van der Waals surface area contributed by atoms with E-state index < -0.39 is 9.05 Å². The molecule has 0 aromatic heterocycles. The first kappa shape index (κ1) is 10.5. The average Bonchev–Trinajstić information content (AvgIpc) is 1.83. The lowest BCUT2D eigenvalue weighted by Gasteiger charge is -1.89. The molecule has 0 aliphatic carbocycles. The van der Waals surface area contributed by atoms with Gasteiger partial charge in [0, 0.05) is 10.7 Å². The van der Waals surface area contributed by atoms with Gasteiger partial charge in [-0.2, -0.15) is 0 Å². The molecular weight excluding hydrogens is 186 g/mol. The van der Waals surface area contributed by atoms with E-state index in [0.717, 1.165) is 5.57 Å². The summed E-state index contributed by atoms with van der Waals surface area (Å²) in [6, 6.07) is 0. The van der Waals surface area contributed by atoms with Crippen molar-refractivity contribution >= 4 is 19.7 Å². The molecule has 0 fully saturated rings. The number of hydrogen-bond donors (Lipinski definition) is 1. The lowest BCUT2D eigenvalue weighted by molar-refractivity contribution is 0.612. The van der Waals surface area contributed by atoms with Crippen LogP contribution in [-0.4, -0.2) is 14.2 Å². The van der Waals surface area contributed by atoms with Crippen molar-refractivity contribution in [3.05, 3.63) is 23.9 Å². The monoisotopic (exact) mass is 195 g/mol. The highest BCUT2D eigenvalue weighted by Gasteiger charge is 2.00. The molecule has 0 spiro atoms. The van der Waals surface area contributed by atoms with Gasteiger partial charge in [-0.15, -0.1) is 0 Å². The normalized spacial score (nSPS) is 14.2. The molecule has 0 aromatic rings. The summed E-state index contributed by atoms with van der Waals surface area (Å²) in [6.07, 6.45) is 4.43. The SMILES string of the molecule is CC(/C=C\N)=C/CS(=O)(=O)Cl. The molecule has 0 saturated heterocycles. The Morgan fingerprint density at radius 3 is 2.55 bits per heavy atom. The van der Waals surface area contributed by atoms with Crippen molar-refractivity contribution in [3.8, 4) is 0 Å². The van der Waals surface area contributed by atoms with Crippen LogP contribution in [0, 0.1) is 0 Å². The Morgan fingerprint density at radius 2 is 2.18 bits per heavy atom. The third-order valence-electron chi connectivity index (χ3n) is 0.964. The number of nitrogens with two attached hydrogens (primary N) is 1. The summed E-state index contributed by atoms with van der Waals surface area (Å²) in [7, 11) is 1.53. The largest absolute Gasteiger partial charge is 0.405 e. The van der Waals surface area contributed by atoms with Crippen molar-refractivity contribution in [1.82, 2.24) is 0 Å². The van der Waals surface area contributed by atoms with E-state index in [1.54, 1.807) is 13.0 Å². The van der Waals surface area contributed by atoms with Crippen LogP contribution >= 0.6 is 10.7 Å². The Balaban J connectivity index is 4.15. The van der Waals surface area contributed by atoms with Crippen LogP contribution in [0.25, 0.3) is 0 Å². The molecule has 0 heterocycles. The third kappa shape index (κ3) is 7.42. The van der Waals surface area contributed by atoms with Crippen LogP contribution in [0.3, 0.4) is 0 Å². The minimum atomic E-state index is -3.42. The molecule has 2 N–H and O–H groups in total. The Bertz CT molecular complexity index is 266. The minimum Gasteiger partial charge on any atom is -0.405 e. The highest BCUT2D eigenvalue weighted by molar-refractivity contribution is 8.13. The van der Waals surface area contributed by atoms with Crippen molar-refractivity contribution in [2.45, 2.75) is 6.92 Å². The zero-order valence-corrected chi connectivity index (χ0v) is 7.69. The summed E-state index contributed by atoms with van der Waals surface area (Å²) in [5.41, 5.74) is 5.84. The number of allylic oxidation sites excluding steroid dienone is 2. The summed E-state index contributed by atoms with van der Waals surface area (Å²) in [5, 5.41) is 0. The predicted molar refractivity (Wildman–Crippen MR) is 46.7 cm³/mol. The molecule has 0 unspecified atom stereocenters. The highest BCUT2D eigenvalue weighted by Crippen LogP contribution is 2.00. The standard InChI is InChI=1S/C6H10ClNO2S/c1-6(2-4-8)3-5-11(7,9)10/h2-4H,5,8H2,1H3/b4-2-,6-3-. The molecule has 0 aromatic carbocycles. The maximum absolute atomic E-state index is 10.4. The fourth-order valence-corrected chi connectivity index (χ4v) is 1.10. The van der Waals surface area contributed by atoms with Gasteiger partial charge in [0.1, 0.15) is 0 Å². The second-order valence-electron chi connectivity index (χ2n) is 2.01. The Labute approximate surface area is 71.0 Å². The van der Waals surface area contributed by atoms with E-state index in [1.807, 2.05) is 0 Å². The molecule has 11 heavy (non-hydrogen) atoms. The molecule has 0 aliphatic rings. The Kier molecular flexibility index (Phi) is 4.22. The van der Waals surface area contributed by atoms with Gasteiger partial charge in [0.25, 0.3) is 0 Å². The maximum atomic E-state index is 10.4. The summed E-state index contributed by atoms with van der Waals surface area (Å²) < 4.78 is 20.8. The van der Waals surface area contributed by atoms with Gasteiger partial charge in [-0.3, -0.25) is 0 Å². The smallest absolute Gasteiger partial charge is 0.236 e. The van der Waals surface area contributed by atoms with E-state index in [9.17, 15) is 8.42 Å². The molecule has 0 bridgehead atoms. The fourth-order valence-electron chi connectivity index (χ4n) is 0.451. The van der Waals surface area contributed by atoms with E-state index in [2.05, 4.69) is 0 Å². The quantitative estimate of drug-likeness (QED) is 0.540. The zero-order chi connectivity index (χ0) is 8.91. The molecule has 0 saturated carbocycles. The van der Waals surface area contributed by atoms with Crippen molar-refractivity contribution in [2.24, 2.45) is 5.73 Å². The first-order valence-corrected chi connectivity index (χ1v) is 5.41. The zero-order valence-electron chi connectivity index (χ0n) is 6.12. The van der Waals surface area contributed by atoms with Crippen LogP contribution in [0.4, 0.5) is 0 Å². The van der Waals surface area contributed by atoms with Crippen LogP contribution in [0.15, 0.2) is 23.9 Å². The maximum Gasteiger partial charge on any atom is 0.236 e. The van der Waals surface area contributed by atoms with Crippen molar-refractivity contribution in [2.75, 3.05) is 5.75 Å². The van der Waals surface area contributed by atoms with Crippen LogP contribution in [-0.2, 0) is 9.05 Å². The highest BCUT2D eigenvalue weighted by atomic mass is 35.7. The average molecular weight is 196 g/mol. The van der Waals surface area contributed by atoms with Gasteiger partial charge in [-0.25, -0.2) is 8.42 Å². The molecule has 5 heteroatoms. The van der Waals surface area contributed by atoms with Gasteiger partial charge in [0.05, 0.1) is 5.75 Å². The van der Waals surface area contributed by atoms with Crippen LogP contribution in [0.2, 0.25) is 0 Å². The molecule has 3 nitrogen and oxygen atoms in total. The number of halogens is 1. The molecule has 0 amide bonds. The summed E-state index contributed by atoms with van der Waals surface area (Å²) in [4.78, 5) is 0. The van der Waals surface area contributed by atoms with Gasteiger partial charge in [0.2, 0.25) is 9.05 Å². The predicted octanol–water partition coefficient (Wildman–Crippen LogP) is 0.974. The second kappa shape index (κ2) is 4.41. The Morgan fingerprint density at radius 1 is 1.64 bits per heavy atom. The van der Waals surface area contributed by atoms with Gasteiger partial charge in [0.15, 0.2) is 0 Å². The van der Waals surface area contributed by atoms with Crippen molar-refractivity contribution in [3.63, 3.8) is 0 Å². The lowest BCUT2D eigenvalue weighted by Crippen LogP contribution is -1.93. The second-order valence-corrected chi connectivity index (χ2v) is 4.83. The summed E-state index contributed by atoms with van der Waals surface area (Å²) >= 11 is 0. The van der Waals surface area contributed by atoms with Crippen molar-refractivity contribution in [1.29, 1.82) is 0 Å². The Hall–Kier alpha value is -0.480. The molecule has 0 aliphatic heterocycles. The number of rotatable bonds is 3. The summed E-state index contributed by atoms with van der Waals surface area (Å²) in [6.45, 7) is 1.74. The molecule has 0 radical (unpaired) electrons. The number of hydrogen-bond acceptors (Lipinski definition) is 3. The fraction of sp³-hybridized carbons (Fsp3) is 0.333. The van der Waals surface area contributed by atoms with E-state index in [1.165, 1.54) is 12.3 Å². The molecular formula is C6H10ClNO2S. The van der Waals surface area contributed by atoms with E-state index in [0.29, 0.717) is 0 Å². The van der Waals surface area contributed by atoms with E-state index in [4.69, 9.17) is 16.4 Å². The van der Waals surface area contributed by atoms with Crippen LogP contribution < -0.4 is 5.73 Å². The van der Waals surface area contributed by atoms with E-state index in [-0.39, 0.29) is 5.75 Å². The van der Waals surface area contributed by atoms with Gasteiger partial charge >= 0.3 is 0 Å². The molecule has 0 rings (SSSR count). The van der Waals surface area contributed by atoms with Crippen LogP contribution in [0.5, 0.6) is 0 Å². The van der Waals surface area contributed by atoms with E-state index >= 15 is 0 Å². The molecule has 64 valence electrons. The molecule has 0 atom stereocenters. The first-order chi connectivity index (χ1) is 4.95. The summed E-state index contributed by atoms with van der Waals surface area (Å²) in [5.74, 6) is -0.162. The lowest BCUT2D eigenvalue weighted by atomic mass is 10.3. The first-order valence-electron chi connectivity index (χ1n) is 2.93. The van der Waals surface area contributed by atoms with Gasteiger partial charge in [-0.05, 0) is 19.2 Å². The minimum absolute atomic E-state index is 0.162. The topological polar surface area (TPSA) is 60.2 Å². The van der Waals surface area contributed by atoms with Gasteiger partial charge < -0.3 is 5.73 Å². The van der Waals surface area contributed by atoms with Crippen LogP contribution in [0.1, 0.15) is 6.92 Å². The van der Waals surface area contributed by atoms with Gasteiger partial charge in [-0.1, -0.05) is 11.6 Å².